The molecule has 18 heavy (non-hydrogen) atoms. The normalized spacial score (nSPS) is 10.4. The van der Waals surface area contributed by atoms with Gasteiger partial charge in [0.2, 0.25) is 0 Å². The minimum Gasteiger partial charge on any atom is -0.318 e. The van der Waals surface area contributed by atoms with Crippen LogP contribution in [-0.4, -0.2) is 21.1 Å². The fraction of sp³-hybridized carbons (Fsp3) is 0. The molecule has 3 rings (SSSR count). The lowest BCUT2D eigenvalue weighted by molar-refractivity contribution is 0.102. The Morgan fingerprint density at radius 1 is 1.39 bits per heavy atom. The quantitative estimate of drug-likeness (QED) is 0.772. The van der Waals surface area contributed by atoms with Gasteiger partial charge in [0.05, 0.1) is 11.9 Å². The van der Waals surface area contributed by atoms with E-state index in [0.717, 1.165) is 10.6 Å². The number of carbonyl (C=O) groups is 1. The van der Waals surface area contributed by atoms with Gasteiger partial charge in [-0.1, -0.05) is 0 Å². The predicted molar refractivity (Wildman–Crippen MR) is 72.0 cm³/mol. The highest BCUT2D eigenvalue weighted by atomic mass is 32.1. The maximum atomic E-state index is 11.9. The number of thiophene rings is 1. The third-order valence-corrected chi connectivity index (χ3v) is 3.84. The molecule has 0 aliphatic carbocycles. The summed E-state index contributed by atoms with van der Waals surface area (Å²) in [6.07, 6.45) is 3.16. The SMILES string of the molecule is O=C(Nc1cn[nH]c1)c1csc(-c2ccsc2)n1. The van der Waals surface area contributed by atoms with Gasteiger partial charge >= 0.3 is 0 Å². The fourth-order valence-electron chi connectivity index (χ4n) is 1.41. The van der Waals surface area contributed by atoms with Gasteiger partial charge in [-0.05, 0) is 11.4 Å². The monoisotopic (exact) mass is 276 g/mol. The lowest BCUT2D eigenvalue weighted by Gasteiger charge is -1.97. The van der Waals surface area contributed by atoms with Crippen LogP contribution in [0.1, 0.15) is 10.5 Å². The van der Waals surface area contributed by atoms with Crippen molar-refractivity contribution in [3.05, 3.63) is 40.3 Å². The van der Waals surface area contributed by atoms with E-state index in [9.17, 15) is 4.79 Å². The van der Waals surface area contributed by atoms with E-state index in [1.165, 1.54) is 11.3 Å². The second-order valence-electron chi connectivity index (χ2n) is 3.49. The number of thiazole rings is 1. The minimum atomic E-state index is -0.228. The second kappa shape index (κ2) is 4.71. The number of amides is 1. The number of H-pyrrole nitrogens is 1. The Bertz CT molecular complexity index is 642. The molecule has 90 valence electrons. The minimum absolute atomic E-state index is 0.228. The molecule has 0 radical (unpaired) electrons. The number of hydrogen-bond acceptors (Lipinski definition) is 5. The number of carbonyl (C=O) groups excluding carboxylic acids is 1. The summed E-state index contributed by atoms with van der Waals surface area (Å²) >= 11 is 3.07. The average molecular weight is 276 g/mol. The van der Waals surface area contributed by atoms with Gasteiger partial charge in [0.15, 0.2) is 0 Å². The lowest BCUT2D eigenvalue weighted by Crippen LogP contribution is -2.11. The number of aromatic amines is 1. The number of rotatable bonds is 3. The summed E-state index contributed by atoms with van der Waals surface area (Å²) in [6.45, 7) is 0. The number of nitrogens with zero attached hydrogens (tertiary/aromatic N) is 2. The standard InChI is InChI=1S/C11H8N4OS2/c16-10(14-8-3-12-13-4-8)9-6-18-11(15-9)7-1-2-17-5-7/h1-6H,(H,12,13)(H,14,16). The molecule has 3 aromatic heterocycles. The van der Waals surface area contributed by atoms with E-state index in [4.69, 9.17) is 0 Å². The van der Waals surface area contributed by atoms with Gasteiger partial charge in [-0.15, -0.1) is 11.3 Å². The number of aromatic nitrogens is 3. The molecular formula is C11H8N4OS2. The molecule has 0 unspecified atom stereocenters. The Morgan fingerprint density at radius 3 is 3.06 bits per heavy atom. The van der Waals surface area contributed by atoms with Crippen molar-refractivity contribution < 1.29 is 4.79 Å². The molecule has 0 bridgehead atoms. The number of hydrogen-bond donors (Lipinski definition) is 2. The molecule has 3 aromatic rings. The Hall–Kier alpha value is -1.99. The van der Waals surface area contributed by atoms with Crippen LogP contribution in [0.3, 0.4) is 0 Å². The summed E-state index contributed by atoms with van der Waals surface area (Å²) in [5.41, 5.74) is 2.10. The first-order valence-electron chi connectivity index (χ1n) is 5.11. The van der Waals surface area contributed by atoms with Gasteiger partial charge in [-0.3, -0.25) is 9.89 Å². The summed E-state index contributed by atoms with van der Waals surface area (Å²) in [5.74, 6) is -0.228. The summed E-state index contributed by atoms with van der Waals surface area (Å²) < 4.78 is 0. The summed E-state index contributed by atoms with van der Waals surface area (Å²) in [7, 11) is 0. The van der Waals surface area contributed by atoms with Crippen molar-refractivity contribution in [2.45, 2.75) is 0 Å². The highest BCUT2D eigenvalue weighted by molar-refractivity contribution is 7.14. The molecule has 0 aliphatic heterocycles. The van der Waals surface area contributed by atoms with Crippen molar-refractivity contribution in [1.82, 2.24) is 15.2 Å². The van der Waals surface area contributed by atoms with Gasteiger partial charge in [-0.2, -0.15) is 16.4 Å². The fourth-order valence-corrected chi connectivity index (χ4v) is 2.92. The first-order chi connectivity index (χ1) is 8.83. The lowest BCUT2D eigenvalue weighted by atomic mass is 10.3. The third-order valence-electron chi connectivity index (χ3n) is 2.26. The zero-order chi connectivity index (χ0) is 12.4. The van der Waals surface area contributed by atoms with Crippen LogP contribution in [0.4, 0.5) is 5.69 Å². The first kappa shape index (κ1) is 11.1. The third kappa shape index (κ3) is 2.18. The molecule has 0 aliphatic rings. The molecule has 1 amide bonds. The van der Waals surface area contributed by atoms with Crippen molar-refractivity contribution in [3.63, 3.8) is 0 Å². The van der Waals surface area contributed by atoms with Crippen molar-refractivity contribution in [2.75, 3.05) is 5.32 Å². The molecule has 2 N–H and O–H groups in total. The first-order valence-corrected chi connectivity index (χ1v) is 6.93. The molecule has 7 heteroatoms. The van der Waals surface area contributed by atoms with Crippen molar-refractivity contribution in [1.29, 1.82) is 0 Å². The molecule has 0 spiro atoms. The highest BCUT2D eigenvalue weighted by Gasteiger charge is 2.12. The molecule has 3 heterocycles. The van der Waals surface area contributed by atoms with Gasteiger partial charge < -0.3 is 5.32 Å². The van der Waals surface area contributed by atoms with E-state index in [1.54, 1.807) is 29.1 Å². The Labute approximate surface area is 111 Å². The van der Waals surface area contributed by atoms with Gasteiger partial charge in [0.25, 0.3) is 5.91 Å². The molecular weight excluding hydrogens is 268 g/mol. The predicted octanol–water partition coefficient (Wildman–Crippen LogP) is 2.85. The average Bonchev–Trinajstić information content (AvgIpc) is 3.11. The van der Waals surface area contributed by atoms with Crippen LogP contribution in [0.5, 0.6) is 0 Å². The Balaban J connectivity index is 1.79. The zero-order valence-corrected chi connectivity index (χ0v) is 10.7. The van der Waals surface area contributed by atoms with Crippen molar-refractivity contribution in [3.8, 4) is 10.6 Å². The van der Waals surface area contributed by atoms with E-state index in [0.29, 0.717) is 11.4 Å². The molecule has 0 fully saturated rings. The van der Waals surface area contributed by atoms with Gasteiger partial charge in [0.1, 0.15) is 10.7 Å². The van der Waals surface area contributed by atoms with Crippen LogP contribution < -0.4 is 5.32 Å². The van der Waals surface area contributed by atoms with Gasteiger partial charge in [-0.25, -0.2) is 4.98 Å². The molecule has 0 aromatic carbocycles. The summed E-state index contributed by atoms with van der Waals surface area (Å²) in [4.78, 5) is 16.2. The van der Waals surface area contributed by atoms with Crippen LogP contribution in [0, 0.1) is 0 Å². The summed E-state index contributed by atoms with van der Waals surface area (Å²) in [5, 5.41) is 15.7. The van der Waals surface area contributed by atoms with Gasteiger partial charge in [0, 0.05) is 22.5 Å². The number of anilines is 1. The molecule has 0 atom stereocenters. The molecule has 5 nitrogen and oxygen atoms in total. The van der Waals surface area contributed by atoms with Crippen LogP contribution in [0.2, 0.25) is 0 Å². The van der Waals surface area contributed by atoms with Crippen LogP contribution in [-0.2, 0) is 0 Å². The second-order valence-corrected chi connectivity index (χ2v) is 5.13. The zero-order valence-electron chi connectivity index (χ0n) is 9.08. The van der Waals surface area contributed by atoms with Crippen molar-refractivity contribution >= 4 is 34.3 Å². The topological polar surface area (TPSA) is 70.7 Å². The van der Waals surface area contributed by atoms with E-state index in [1.807, 2.05) is 16.8 Å². The summed E-state index contributed by atoms with van der Waals surface area (Å²) in [6, 6.07) is 1.99. The smallest absolute Gasteiger partial charge is 0.275 e. The maximum Gasteiger partial charge on any atom is 0.275 e. The Morgan fingerprint density at radius 2 is 2.33 bits per heavy atom. The number of nitrogens with one attached hydrogen (secondary N) is 2. The van der Waals surface area contributed by atoms with Crippen LogP contribution in [0.15, 0.2) is 34.6 Å². The highest BCUT2D eigenvalue weighted by Crippen LogP contribution is 2.25. The van der Waals surface area contributed by atoms with E-state index >= 15 is 0 Å². The molecule has 0 saturated carbocycles. The largest absolute Gasteiger partial charge is 0.318 e. The van der Waals surface area contributed by atoms with E-state index in [-0.39, 0.29) is 5.91 Å². The van der Waals surface area contributed by atoms with E-state index < -0.39 is 0 Å². The maximum absolute atomic E-state index is 11.9. The molecule has 0 saturated heterocycles. The van der Waals surface area contributed by atoms with Crippen molar-refractivity contribution in [2.24, 2.45) is 0 Å². The Kier molecular flexibility index (Phi) is 2.91. The van der Waals surface area contributed by atoms with E-state index in [2.05, 4.69) is 20.5 Å². The van der Waals surface area contributed by atoms with Crippen LogP contribution >= 0.6 is 22.7 Å². The van der Waals surface area contributed by atoms with Crippen LogP contribution in [0.25, 0.3) is 10.6 Å².